The van der Waals surface area contributed by atoms with Gasteiger partial charge in [0.1, 0.15) is 0 Å². The van der Waals surface area contributed by atoms with Gasteiger partial charge in [0.05, 0.1) is 23.4 Å². The van der Waals surface area contributed by atoms with E-state index < -0.39 is 27.8 Å². The van der Waals surface area contributed by atoms with Gasteiger partial charge in [-0.15, -0.1) is 0 Å². The van der Waals surface area contributed by atoms with E-state index in [0.717, 1.165) is 11.8 Å². The number of sulfonamides is 1. The summed E-state index contributed by atoms with van der Waals surface area (Å²) in [6, 6.07) is 4.64. The lowest BCUT2D eigenvalue weighted by Crippen LogP contribution is -2.34. The second-order valence-corrected chi connectivity index (χ2v) is 7.69. The molecule has 0 saturated heterocycles. The van der Waals surface area contributed by atoms with Gasteiger partial charge in [-0.1, -0.05) is 11.6 Å². The molecule has 0 aliphatic heterocycles. The fraction of sp³-hybridized carbons (Fsp3) is 0.467. The van der Waals surface area contributed by atoms with Gasteiger partial charge < -0.3 is 10.4 Å². The Hall–Kier alpha value is -2.09. The molecule has 23 heavy (non-hydrogen) atoms. The van der Waals surface area contributed by atoms with Crippen LogP contribution in [0.2, 0.25) is 0 Å². The fourth-order valence-electron chi connectivity index (χ4n) is 2.73. The van der Waals surface area contributed by atoms with Crippen LogP contribution >= 0.6 is 0 Å². The number of carboxylic acids is 1. The third kappa shape index (κ3) is 4.69. The molecule has 3 N–H and O–H groups in total. The van der Waals surface area contributed by atoms with Crippen LogP contribution in [-0.4, -0.2) is 37.7 Å². The molecule has 1 aromatic rings. The van der Waals surface area contributed by atoms with E-state index >= 15 is 0 Å². The van der Waals surface area contributed by atoms with E-state index in [2.05, 4.69) is 10.0 Å². The van der Waals surface area contributed by atoms with Crippen molar-refractivity contribution in [1.82, 2.24) is 5.32 Å². The first kappa shape index (κ1) is 17.3. The van der Waals surface area contributed by atoms with E-state index in [1.165, 1.54) is 0 Å². The molecule has 1 aromatic carbocycles. The molecule has 7 nitrogen and oxygen atoms in total. The number of rotatable bonds is 5. The summed E-state index contributed by atoms with van der Waals surface area (Å²) in [6.07, 6.45) is 2.54. The van der Waals surface area contributed by atoms with Crippen LogP contribution in [0.5, 0.6) is 0 Å². The molecule has 1 aliphatic carbocycles. The molecule has 0 bridgehead atoms. The summed E-state index contributed by atoms with van der Waals surface area (Å²) in [5.41, 5.74) is 1.27. The number of hydrogen-bond acceptors (Lipinski definition) is 4. The number of carboxylic acid groups (broad SMARTS) is 1. The minimum Gasteiger partial charge on any atom is -0.481 e. The van der Waals surface area contributed by atoms with E-state index in [0.29, 0.717) is 19.3 Å². The van der Waals surface area contributed by atoms with Gasteiger partial charge in [-0.25, -0.2) is 8.42 Å². The minimum absolute atomic E-state index is 0.211. The summed E-state index contributed by atoms with van der Waals surface area (Å²) in [4.78, 5) is 23.4. The Labute approximate surface area is 135 Å². The van der Waals surface area contributed by atoms with Gasteiger partial charge in [-0.05, 0) is 38.3 Å². The highest BCUT2D eigenvalue weighted by Gasteiger charge is 2.31. The standard InChI is InChI=1S/C15H20N2O5S/c1-9-3-6-13(17-23(2,21)22)12(7-9)14(18)16-11-5-4-10(8-11)15(19)20/h3,6-7,10-11,17H,4-5,8H2,1-2H3,(H,16,18)(H,19,20)/t10-,11+/m0/s1. The average molecular weight is 340 g/mol. The average Bonchev–Trinajstić information content (AvgIpc) is 2.88. The number of benzene rings is 1. The van der Waals surface area contributed by atoms with Gasteiger partial charge in [0.2, 0.25) is 10.0 Å². The number of aryl methyl sites for hydroxylation is 1. The summed E-state index contributed by atoms with van der Waals surface area (Å²) in [7, 11) is -3.50. The normalized spacial score (nSPS) is 21.0. The number of aliphatic carboxylic acids is 1. The van der Waals surface area contributed by atoms with Gasteiger partial charge in [0.15, 0.2) is 0 Å². The van der Waals surface area contributed by atoms with Crippen molar-refractivity contribution < 1.29 is 23.1 Å². The molecule has 0 heterocycles. The third-order valence-corrected chi connectivity index (χ3v) is 4.42. The maximum absolute atomic E-state index is 12.4. The molecule has 1 amide bonds. The molecule has 0 unspecified atom stereocenters. The van der Waals surface area contributed by atoms with E-state index in [4.69, 9.17) is 5.11 Å². The Bertz CT molecular complexity index is 729. The van der Waals surface area contributed by atoms with Crippen molar-refractivity contribution in [3.8, 4) is 0 Å². The maximum Gasteiger partial charge on any atom is 0.306 e. The van der Waals surface area contributed by atoms with Gasteiger partial charge in [-0.3, -0.25) is 14.3 Å². The molecule has 2 atom stereocenters. The highest BCUT2D eigenvalue weighted by Crippen LogP contribution is 2.26. The van der Waals surface area contributed by atoms with Gasteiger partial charge in [0, 0.05) is 6.04 Å². The predicted octanol–water partition coefficient (Wildman–Crippen LogP) is 1.35. The van der Waals surface area contributed by atoms with Crippen molar-refractivity contribution >= 4 is 27.6 Å². The largest absolute Gasteiger partial charge is 0.481 e. The molecule has 0 radical (unpaired) electrons. The molecule has 0 spiro atoms. The molecular formula is C15H20N2O5S. The van der Waals surface area contributed by atoms with Crippen molar-refractivity contribution in [1.29, 1.82) is 0 Å². The van der Waals surface area contributed by atoms with Crippen LogP contribution in [-0.2, 0) is 14.8 Å². The summed E-state index contributed by atoms with van der Waals surface area (Å²) in [6.45, 7) is 1.80. The van der Waals surface area contributed by atoms with Gasteiger partial charge in [0.25, 0.3) is 5.91 Å². The Morgan fingerprint density at radius 1 is 1.26 bits per heavy atom. The van der Waals surface area contributed by atoms with Crippen LogP contribution in [0.3, 0.4) is 0 Å². The zero-order chi connectivity index (χ0) is 17.2. The van der Waals surface area contributed by atoms with E-state index in [1.807, 2.05) is 0 Å². The Balaban J connectivity index is 2.16. The Kier molecular flexibility index (Phi) is 4.93. The molecule has 0 aromatic heterocycles. The number of amides is 1. The molecule has 1 fully saturated rings. The molecule has 8 heteroatoms. The monoisotopic (exact) mass is 340 g/mol. The van der Waals surface area contributed by atoms with Crippen molar-refractivity contribution in [2.24, 2.45) is 5.92 Å². The smallest absolute Gasteiger partial charge is 0.306 e. The van der Waals surface area contributed by atoms with Crippen LogP contribution in [0.15, 0.2) is 18.2 Å². The fourth-order valence-corrected chi connectivity index (χ4v) is 3.31. The highest BCUT2D eigenvalue weighted by atomic mass is 32.2. The zero-order valence-electron chi connectivity index (χ0n) is 13.0. The number of carbonyl (C=O) groups excluding carboxylic acids is 1. The predicted molar refractivity (Wildman–Crippen MR) is 85.9 cm³/mol. The van der Waals surface area contributed by atoms with Crippen LogP contribution < -0.4 is 10.0 Å². The van der Waals surface area contributed by atoms with Crippen LogP contribution in [0.4, 0.5) is 5.69 Å². The first-order valence-corrected chi connectivity index (χ1v) is 9.17. The van der Waals surface area contributed by atoms with E-state index in [-0.39, 0.29) is 17.3 Å². The van der Waals surface area contributed by atoms with Crippen molar-refractivity contribution in [2.75, 3.05) is 11.0 Å². The Morgan fingerprint density at radius 3 is 2.52 bits per heavy atom. The van der Waals surface area contributed by atoms with Crippen LogP contribution in [0.1, 0.15) is 35.2 Å². The van der Waals surface area contributed by atoms with Crippen LogP contribution in [0, 0.1) is 12.8 Å². The maximum atomic E-state index is 12.4. The topological polar surface area (TPSA) is 113 Å². The third-order valence-electron chi connectivity index (χ3n) is 3.83. The first-order chi connectivity index (χ1) is 10.7. The molecule has 126 valence electrons. The summed E-state index contributed by atoms with van der Waals surface area (Å²) in [5, 5.41) is 11.8. The van der Waals surface area contributed by atoms with Gasteiger partial charge in [-0.2, -0.15) is 0 Å². The first-order valence-electron chi connectivity index (χ1n) is 7.28. The summed E-state index contributed by atoms with van der Waals surface area (Å²) >= 11 is 0. The zero-order valence-corrected chi connectivity index (χ0v) is 13.8. The summed E-state index contributed by atoms with van der Waals surface area (Å²) < 4.78 is 25.2. The second-order valence-electron chi connectivity index (χ2n) is 5.94. The van der Waals surface area contributed by atoms with Gasteiger partial charge >= 0.3 is 5.97 Å². The number of anilines is 1. The minimum atomic E-state index is -3.50. The van der Waals surface area contributed by atoms with Crippen LogP contribution in [0.25, 0.3) is 0 Å². The number of nitrogens with one attached hydrogen (secondary N) is 2. The SMILES string of the molecule is Cc1ccc(NS(C)(=O)=O)c(C(=O)N[C@@H]2CC[C@H](C(=O)O)C2)c1. The summed E-state index contributed by atoms with van der Waals surface area (Å²) in [5.74, 6) is -1.70. The quantitative estimate of drug-likeness (QED) is 0.749. The number of carbonyl (C=O) groups is 2. The van der Waals surface area contributed by atoms with Crippen molar-refractivity contribution in [3.05, 3.63) is 29.3 Å². The Morgan fingerprint density at radius 2 is 1.96 bits per heavy atom. The van der Waals surface area contributed by atoms with Crippen molar-refractivity contribution in [3.63, 3.8) is 0 Å². The second kappa shape index (κ2) is 6.57. The molecule has 1 saturated carbocycles. The highest BCUT2D eigenvalue weighted by molar-refractivity contribution is 7.92. The molecule has 1 aliphatic rings. The van der Waals surface area contributed by atoms with Crippen molar-refractivity contribution in [2.45, 2.75) is 32.2 Å². The lowest BCUT2D eigenvalue weighted by molar-refractivity contribution is -0.141. The molecule has 2 rings (SSSR count). The van der Waals surface area contributed by atoms with E-state index in [1.54, 1.807) is 25.1 Å². The lowest BCUT2D eigenvalue weighted by Gasteiger charge is -2.15. The molecular weight excluding hydrogens is 320 g/mol. The number of hydrogen-bond donors (Lipinski definition) is 3. The lowest BCUT2D eigenvalue weighted by atomic mass is 10.1. The van der Waals surface area contributed by atoms with E-state index in [9.17, 15) is 18.0 Å².